The lowest BCUT2D eigenvalue weighted by Gasteiger charge is -2.00. The van der Waals surface area contributed by atoms with Gasteiger partial charge in [-0.1, -0.05) is 104 Å². The van der Waals surface area contributed by atoms with E-state index in [9.17, 15) is 0 Å². The first-order chi connectivity index (χ1) is 9.33. The largest absolute Gasteiger partial charge is 0.179 e. The van der Waals surface area contributed by atoms with Crippen LogP contribution in [0.3, 0.4) is 0 Å². The van der Waals surface area contributed by atoms with Crippen LogP contribution in [0, 0.1) is 0 Å². The molecule has 0 aromatic carbocycles. The summed E-state index contributed by atoms with van der Waals surface area (Å²) >= 11 is 4.20. The zero-order chi connectivity index (χ0) is 14.6. The summed E-state index contributed by atoms with van der Waals surface area (Å²) in [6.07, 6.45) is 19.7. The zero-order valence-electron chi connectivity index (χ0n) is 14.1. The number of rotatable bonds is 13. The van der Waals surface area contributed by atoms with Gasteiger partial charge in [0.15, 0.2) is 0 Å². The van der Waals surface area contributed by atoms with Gasteiger partial charge in [0.05, 0.1) is 0 Å². The Labute approximate surface area is 129 Å². The standard InChI is InChI=1S/C12H26S.C6H14/c1-2-3-4-5-6-7-8-9-10-11-12-13;1-3-5-6-4-2/h13H,2-12H2,1H3;3-6H2,1-2H3. The van der Waals surface area contributed by atoms with Gasteiger partial charge in [-0.2, -0.15) is 12.6 Å². The van der Waals surface area contributed by atoms with Crippen molar-refractivity contribution in [1.82, 2.24) is 0 Å². The van der Waals surface area contributed by atoms with E-state index in [1.807, 2.05) is 0 Å². The highest BCUT2D eigenvalue weighted by Gasteiger charge is 1.91. The van der Waals surface area contributed by atoms with Crippen LogP contribution in [0.15, 0.2) is 0 Å². The lowest BCUT2D eigenvalue weighted by atomic mass is 10.1. The van der Waals surface area contributed by atoms with E-state index in [1.54, 1.807) is 0 Å². The molecule has 0 N–H and O–H groups in total. The molecule has 118 valence electrons. The van der Waals surface area contributed by atoms with Crippen molar-refractivity contribution in [2.75, 3.05) is 5.75 Å². The molecule has 0 fully saturated rings. The van der Waals surface area contributed by atoms with Crippen molar-refractivity contribution in [3.8, 4) is 0 Å². The first-order valence-corrected chi connectivity index (χ1v) is 9.57. The monoisotopic (exact) mass is 288 g/mol. The minimum Gasteiger partial charge on any atom is -0.179 e. The second kappa shape index (κ2) is 23.4. The van der Waals surface area contributed by atoms with Gasteiger partial charge in [0.2, 0.25) is 0 Å². The first-order valence-electron chi connectivity index (χ1n) is 8.94. The topological polar surface area (TPSA) is 0 Å². The van der Waals surface area contributed by atoms with Crippen LogP contribution in [-0.2, 0) is 0 Å². The average molecular weight is 289 g/mol. The number of unbranched alkanes of at least 4 members (excludes halogenated alkanes) is 12. The van der Waals surface area contributed by atoms with Gasteiger partial charge in [0.1, 0.15) is 0 Å². The smallest absolute Gasteiger partial charge is 0.00979 e. The Morgan fingerprint density at radius 3 is 1.00 bits per heavy atom. The Morgan fingerprint density at radius 1 is 0.421 bits per heavy atom. The van der Waals surface area contributed by atoms with Crippen LogP contribution in [0.1, 0.15) is 111 Å². The highest BCUT2D eigenvalue weighted by molar-refractivity contribution is 7.80. The minimum atomic E-state index is 1.07. The van der Waals surface area contributed by atoms with Gasteiger partial charge in [0, 0.05) is 0 Å². The van der Waals surface area contributed by atoms with E-state index in [2.05, 4.69) is 33.4 Å². The van der Waals surface area contributed by atoms with Crippen LogP contribution >= 0.6 is 12.6 Å². The molecule has 1 heteroatoms. The van der Waals surface area contributed by atoms with Gasteiger partial charge in [-0.05, 0) is 12.2 Å². The third-order valence-electron chi connectivity index (χ3n) is 3.47. The predicted molar refractivity (Wildman–Crippen MR) is 95.5 cm³/mol. The molecule has 0 aromatic rings. The van der Waals surface area contributed by atoms with E-state index in [1.165, 1.54) is 89.9 Å². The Balaban J connectivity index is 0. The summed E-state index contributed by atoms with van der Waals surface area (Å²) < 4.78 is 0. The second-order valence-electron chi connectivity index (χ2n) is 5.61. The highest BCUT2D eigenvalue weighted by atomic mass is 32.1. The summed E-state index contributed by atoms with van der Waals surface area (Å²) in [6, 6.07) is 0. The lowest BCUT2D eigenvalue weighted by Crippen LogP contribution is -1.81. The molecule has 0 unspecified atom stereocenters. The Bertz CT molecular complexity index is 109. The molecule has 0 saturated carbocycles. The SMILES string of the molecule is CCCCCC.CCCCCCCCCCCCS. The summed E-state index contributed by atoms with van der Waals surface area (Å²) in [5.41, 5.74) is 0. The summed E-state index contributed by atoms with van der Waals surface area (Å²) in [7, 11) is 0. The maximum absolute atomic E-state index is 4.20. The van der Waals surface area contributed by atoms with Crippen molar-refractivity contribution in [3.63, 3.8) is 0 Å². The first kappa shape index (κ1) is 21.6. The van der Waals surface area contributed by atoms with Gasteiger partial charge in [-0.25, -0.2) is 0 Å². The molecule has 0 spiro atoms. The van der Waals surface area contributed by atoms with Gasteiger partial charge in [-0.15, -0.1) is 0 Å². The minimum absolute atomic E-state index is 1.07. The number of hydrogen-bond donors (Lipinski definition) is 1. The van der Waals surface area contributed by atoms with Crippen molar-refractivity contribution in [2.24, 2.45) is 0 Å². The molecular formula is C18H40S. The fraction of sp³-hybridized carbons (Fsp3) is 1.00. The van der Waals surface area contributed by atoms with Crippen molar-refractivity contribution in [2.45, 2.75) is 111 Å². The molecule has 0 aliphatic heterocycles. The van der Waals surface area contributed by atoms with Crippen LogP contribution in [0.5, 0.6) is 0 Å². The average Bonchev–Trinajstić information content (AvgIpc) is 2.44. The number of thiol groups is 1. The maximum atomic E-state index is 4.20. The molecule has 0 rings (SSSR count). The van der Waals surface area contributed by atoms with Crippen LogP contribution < -0.4 is 0 Å². The fourth-order valence-electron chi connectivity index (χ4n) is 2.10. The molecule has 0 nitrogen and oxygen atoms in total. The fourth-order valence-corrected chi connectivity index (χ4v) is 2.32. The van der Waals surface area contributed by atoms with E-state index in [-0.39, 0.29) is 0 Å². The molecule has 0 saturated heterocycles. The molecule has 0 aromatic heterocycles. The van der Waals surface area contributed by atoms with Crippen molar-refractivity contribution >= 4 is 12.6 Å². The quantitative estimate of drug-likeness (QED) is 0.264. The normalized spacial score (nSPS) is 10.1. The third-order valence-corrected chi connectivity index (χ3v) is 3.79. The van der Waals surface area contributed by atoms with Gasteiger partial charge < -0.3 is 0 Å². The molecule has 0 amide bonds. The number of hydrogen-bond acceptors (Lipinski definition) is 1. The van der Waals surface area contributed by atoms with E-state index >= 15 is 0 Å². The van der Waals surface area contributed by atoms with Gasteiger partial charge >= 0.3 is 0 Å². The van der Waals surface area contributed by atoms with Crippen molar-refractivity contribution in [1.29, 1.82) is 0 Å². The molecule has 19 heavy (non-hydrogen) atoms. The Hall–Kier alpha value is 0.350. The Kier molecular flexibility index (Phi) is 26.7. The van der Waals surface area contributed by atoms with Gasteiger partial charge in [-0.3, -0.25) is 0 Å². The van der Waals surface area contributed by atoms with Crippen LogP contribution in [0.2, 0.25) is 0 Å². The van der Waals surface area contributed by atoms with Gasteiger partial charge in [0.25, 0.3) is 0 Å². The predicted octanol–water partition coefficient (Wildman–Crippen LogP) is 7.42. The molecule has 0 heterocycles. The maximum Gasteiger partial charge on any atom is -0.00979 e. The molecule has 0 aliphatic carbocycles. The van der Waals surface area contributed by atoms with Crippen LogP contribution in [0.25, 0.3) is 0 Å². The lowest BCUT2D eigenvalue weighted by molar-refractivity contribution is 0.563. The molecule has 0 radical (unpaired) electrons. The zero-order valence-corrected chi connectivity index (χ0v) is 14.9. The van der Waals surface area contributed by atoms with Crippen molar-refractivity contribution in [3.05, 3.63) is 0 Å². The summed E-state index contributed by atoms with van der Waals surface area (Å²) in [5, 5.41) is 0. The van der Waals surface area contributed by atoms with Crippen LogP contribution in [-0.4, -0.2) is 5.75 Å². The highest BCUT2D eigenvalue weighted by Crippen LogP contribution is 2.10. The van der Waals surface area contributed by atoms with Crippen LogP contribution in [0.4, 0.5) is 0 Å². The molecule has 0 bridgehead atoms. The third kappa shape index (κ3) is 27.5. The van der Waals surface area contributed by atoms with Crippen molar-refractivity contribution < 1.29 is 0 Å². The van der Waals surface area contributed by atoms with E-state index in [0.29, 0.717) is 0 Å². The summed E-state index contributed by atoms with van der Waals surface area (Å²) in [5.74, 6) is 1.07. The second-order valence-corrected chi connectivity index (χ2v) is 6.06. The summed E-state index contributed by atoms with van der Waals surface area (Å²) in [6.45, 7) is 6.74. The summed E-state index contributed by atoms with van der Waals surface area (Å²) in [4.78, 5) is 0. The van der Waals surface area contributed by atoms with E-state index in [4.69, 9.17) is 0 Å². The molecule has 0 atom stereocenters. The molecular weight excluding hydrogens is 248 g/mol. The van der Waals surface area contributed by atoms with E-state index < -0.39 is 0 Å². The van der Waals surface area contributed by atoms with E-state index in [0.717, 1.165) is 5.75 Å². The molecule has 0 aliphatic rings. The Morgan fingerprint density at radius 2 is 0.684 bits per heavy atom.